The molecule has 3 heterocycles. The van der Waals surface area contributed by atoms with Gasteiger partial charge in [-0.2, -0.15) is 10.2 Å². The second kappa shape index (κ2) is 7.76. The number of fused-ring (bicyclic) bond motifs is 1. The summed E-state index contributed by atoms with van der Waals surface area (Å²) in [5.41, 5.74) is 3.41. The number of aromatic nitrogens is 4. The molecule has 1 unspecified atom stereocenters. The van der Waals surface area contributed by atoms with Crippen LogP contribution in [0.3, 0.4) is 0 Å². The number of rotatable bonds is 4. The molecule has 0 spiro atoms. The van der Waals surface area contributed by atoms with E-state index >= 15 is 0 Å². The summed E-state index contributed by atoms with van der Waals surface area (Å²) >= 11 is 0. The van der Waals surface area contributed by atoms with E-state index in [2.05, 4.69) is 38.1 Å². The van der Waals surface area contributed by atoms with Crippen LogP contribution in [0.1, 0.15) is 30.3 Å². The Kier molecular flexibility index (Phi) is 5.20. The lowest BCUT2D eigenvalue weighted by molar-refractivity contribution is 0.242. The van der Waals surface area contributed by atoms with Crippen molar-refractivity contribution >= 4 is 5.82 Å². The highest BCUT2D eigenvalue weighted by molar-refractivity contribution is 5.42. The highest BCUT2D eigenvalue weighted by Gasteiger charge is 2.22. The molecule has 1 aliphatic heterocycles. The van der Waals surface area contributed by atoms with Gasteiger partial charge in [0.2, 0.25) is 0 Å². The van der Waals surface area contributed by atoms with E-state index in [4.69, 9.17) is 0 Å². The summed E-state index contributed by atoms with van der Waals surface area (Å²) in [7, 11) is 0. The Morgan fingerprint density at radius 3 is 2.74 bits per heavy atom. The Morgan fingerprint density at radius 2 is 1.93 bits per heavy atom. The first-order chi connectivity index (χ1) is 13.1. The smallest absolute Gasteiger partial charge is 0.266 e. The zero-order chi connectivity index (χ0) is 18.8. The van der Waals surface area contributed by atoms with Crippen molar-refractivity contribution in [2.75, 3.05) is 37.6 Å². The summed E-state index contributed by atoms with van der Waals surface area (Å²) < 4.78 is 1.57. The van der Waals surface area contributed by atoms with E-state index in [1.165, 1.54) is 17.7 Å². The first-order valence-electron chi connectivity index (χ1n) is 9.96. The molecule has 0 bridgehead atoms. The van der Waals surface area contributed by atoms with Crippen LogP contribution in [0.15, 0.2) is 23.0 Å². The van der Waals surface area contributed by atoms with Crippen molar-refractivity contribution in [3.8, 4) is 0 Å². The Bertz CT molecular complexity index is 856. The van der Waals surface area contributed by atoms with Gasteiger partial charge in [-0.05, 0) is 49.8 Å². The van der Waals surface area contributed by atoms with Crippen molar-refractivity contribution in [1.29, 1.82) is 0 Å². The molecule has 0 N–H and O–H groups in total. The minimum atomic E-state index is -0.0298. The minimum Gasteiger partial charge on any atom is -0.353 e. The quantitative estimate of drug-likeness (QED) is 0.810. The Labute approximate surface area is 160 Å². The van der Waals surface area contributed by atoms with Crippen LogP contribution in [-0.2, 0) is 19.4 Å². The molecule has 2 aliphatic rings. The first kappa shape index (κ1) is 18.1. The fourth-order valence-electron chi connectivity index (χ4n) is 3.99. The van der Waals surface area contributed by atoms with Crippen molar-refractivity contribution in [2.24, 2.45) is 5.92 Å². The van der Waals surface area contributed by atoms with Gasteiger partial charge in [-0.1, -0.05) is 6.92 Å². The molecule has 1 saturated heterocycles. The molecule has 2 aromatic rings. The van der Waals surface area contributed by atoms with Crippen LogP contribution in [0.25, 0.3) is 0 Å². The van der Waals surface area contributed by atoms with Gasteiger partial charge in [-0.15, -0.1) is 5.10 Å². The van der Waals surface area contributed by atoms with Crippen molar-refractivity contribution in [3.05, 3.63) is 45.5 Å². The number of nitrogens with zero attached hydrogens (tertiary/aromatic N) is 6. The predicted molar refractivity (Wildman–Crippen MR) is 105 cm³/mol. The number of piperazine rings is 1. The van der Waals surface area contributed by atoms with Crippen molar-refractivity contribution in [1.82, 2.24) is 24.9 Å². The standard InChI is InChI=1S/C20H28N6O/c1-15-3-5-18-17(13-15)14-19(22-21-18)25-10-7-24(8-11-25)9-12-26-20(27)6-4-16(2)23-26/h4,6,14-15H,3,5,7-13H2,1-2H3. The molecule has 27 heavy (non-hydrogen) atoms. The van der Waals surface area contributed by atoms with E-state index < -0.39 is 0 Å². The summed E-state index contributed by atoms with van der Waals surface area (Å²) in [6.07, 6.45) is 3.40. The molecule has 0 aromatic carbocycles. The molecule has 0 saturated carbocycles. The monoisotopic (exact) mass is 368 g/mol. The topological polar surface area (TPSA) is 67.2 Å². The lowest BCUT2D eigenvalue weighted by Crippen LogP contribution is -2.48. The average Bonchev–Trinajstić information content (AvgIpc) is 2.68. The molecule has 1 aliphatic carbocycles. The Morgan fingerprint density at radius 1 is 1.11 bits per heavy atom. The largest absolute Gasteiger partial charge is 0.353 e. The second-order valence-corrected chi connectivity index (χ2v) is 7.89. The third-order valence-electron chi connectivity index (χ3n) is 5.71. The van der Waals surface area contributed by atoms with Crippen molar-refractivity contribution < 1.29 is 0 Å². The summed E-state index contributed by atoms with van der Waals surface area (Å²) in [6.45, 7) is 9.53. The van der Waals surface area contributed by atoms with Crippen LogP contribution in [0.2, 0.25) is 0 Å². The van der Waals surface area contributed by atoms with Gasteiger partial charge in [-0.3, -0.25) is 9.69 Å². The van der Waals surface area contributed by atoms with Gasteiger partial charge in [0.1, 0.15) is 0 Å². The SMILES string of the molecule is Cc1ccc(=O)n(CCN2CCN(c3cc4c(nn3)CCC(C)C4)CC2)n1. The summed E-state index contributed by atoms with van der Waals surface area (Å²) in [4.78, 5) is 16.6. The number of hydrogen-bond donors (Lipinski definition) is 0. The van der Waals surface area contributed by atoms with Gasteiger partial charge < -0.3 is 4.90 Å². The third-order valence-corrected chi connectivity index (χ3v) is 5.71. The Balaban J connectivity index is 1.33. The van der Waals surface area contributed by atoms with Crippen molar-refractivity contribution in [3.63, 3.8) is 0 Å². The van der Waals surface area contributed by atoms with Gasteiger partial charge >= 0.3 is 0 Å². The van der Waals surface area contributed by atoms with E-state index in [0.717, 1.165) is 63.0 Å². The lowest BCUT2D eigenvalue weighted by Gasteiger charge is -2.35. The van der Waals surface area contributed by atoms with E-state index in [1.807, 2.05) is 6.92 Å². The van der Waals surface area contributed by atoms with Gasteiger partial charge in [0.05, 0.1) is 17.9 Å². The molecular formula is C20H28N6O. The molecular weight excluding hydrogens is 340 g/mol. The zero-order valence-corrected chi connectivity index (χ0v) is 16.3. The van der Waals surface area contributed by atoms with Gasteiger partial charge in [0.25, 0.3) is 5.56 Å². The summed E-state index contributed by atoms with van der Waals surface area (Å²) in [5, 5.41) is 13.3. The summed E-state index contributed by atoms with van der Waals surface area (Å²) in [6, 6.07) is 5.61. The van der Waals surface area contributed by atoms with Crippen LogP contribution < -0.4 is 10.5 Å². The maximum absolute atomic E-state index is 11.9. The molecule has 144 valence electrons. The number of aryl methyl sites for hydroxylation is 2. The molecule has 0 radical (unpaired) electrons. The molecule has 7 nitrogen and oxygen atoms in total. The average molecular weight is 368 g/mol. The zero-order valence-electron chi connectivity index (χ0n) is 16.3. The van der Waals surface area contributed by atoms with Crippen LogP contribution in [0.4, 0.5) is 5.82 Å². The van der Waals surface area contributed by atoms with Gasteiger partial charge in [0, 0.05) is 38.8 Å². The highest BCUT2D eigenvalue weighted by Crippen LogP contribution is 2.26. The maximum Gasteiger partial charge on any atom is 0.266 e. The first-order valence-corrected chi connectivity index (χ1v) is 9.96. The van der Waals surface area contributed by atoms with Crippen molar-refractivity contribution in [2.45, 2.75) is 39.7 Å². The van der Waals surface area contributed by atoms with E-state index in [9.17, 15) is 4.79 Å². The molecule has 2 aromatic heterocycles. The van der Waals surface area contributed by atoms with E-state index in [0.29, 0.717) is 6.54 Å². The number of anilines is 1. The number of hydrogen-bond acceptors (Lipinski definition) is 6. The minimum absolute atomic E-state index is 0.0298. The predicted octanol–water partition coefficient (Wildman–Crippen LogP) is 1.29. The molecule has 1 fully saturated rings. The van der Waals surface area contributed by atoms with Gasteiger partial charge in [-0.25, -0.2) is 4.68 Å². The molecule has 0 amide bonds. The van der Waals surface area contributed by atoms with Crippen LogP contribution in [-0.4, -0.2) is 57.6 Å². The Hall–Kier alpha value is -2.28. The fraction of sp³-hybridized carbons (Fsp3) is 0.600. The van der Waals surface area contributed by atoms with Crippen LogP contribution in [0, 0.1) is 12.8 Å². The van der Waals surface area contributed by atoms with Crippen LogP contribution >= 0.6 is 0 Å². The second-order valence-electron chi connectivity index (χ2n) is 7.89. The van der Waals surface area contributed by atoms with E-state index in [1.54, 1.807) is 16.8 Å². The van der Waals surface area contributed by atoms with Crippen LogP contribution in [0.5, 0.6) is 0 Å². The third kappa shape index (κ3) is 4.18. The highest BCUT2D eigenvalue weighted by atomic mass is 16.1. The van der Waals surface area contributed by atoms with E-state index in [-0.39, 0.29) is 5.56 Å². The van der Waals surface area contributed by atoms with Gasteiger partial charge in [0.15, 0.2) is 5.82 Å². The maximum atomic E-state index is 11.9. The normalized spacial score (nSPS) is 20.5. The summed E-state index contributed by atoms with van der Waals surface area (Å²) in [5.74, 6) is 1.75. The fourth-order valence-corrected chi connectivity index (χ4v) is 3.99. The molecule has 1 atom stereocenters. The lowest BCUT2D eigenvalue weighted by atomic mass is 9.88. The molecule has 7 heteroatoms. The molecule has 4 rings (SSSR count).